The van der Waals surface area contributed by atoms with Crippen molar-refractivity contribution in [1.29, 1.82) is 0 Å². The molecule has 0 N–H and O–H groups in total. The summed E-state index contributed by atoms with van der Waals surface area (Å²) < 4.78 is 16.4. The van der Waals surface area contributed by atoms with Crippen molar-refractivity contribution in [2.24, 2.45) is 5.92 Å². The van der Waals surface area contributed by atoms with Crippen molar-refractivity contribution >= 4 is 5.97 Å². The molecule has 0 amide bonds. The topological polar surface area (TPSA) is 61.6 Å². The van der Waals surface area contributed by atoms with E-state index in [0.29, 0.717) is 24.3 Å². The summed E-state index contributed by atoms with van der Waals surface area (Å²) in [6.07, 6.45) is 3.01. The first-order chi connectivity index (χ1) is 9.20. The summed E-state index contributed by atoms with van der Waals surface area (Å²) >= 11 is 0. The molecule has 1 aromatic rings. The fraction of sp³-hybridized carbons (Fsp3) is 0.714. The van der Waals surface area contributed by atoms with E-state index in [1.54, 1.807) is 6.92 Å². The Morgan fingerprint density at radius 3 is 2.79 bits per heavy atom. The Labute approximate surface area is 112 Å². The molecule has 1 saturated heterocycles. The average Bonchev–Trinajstić information content (AvgIpc) is 2.99. The molecule has 5 heteroatoms. The third-order valence-electron chi connectivity index (χ3n) is 3.73. The van der Waals surface area contributed by atoms with Crippen LogP contribution in [0.1, 0.15) is 67.3 Å². The van der Waals surface area contributed by atoms with Crippen LogP contribution in [0.2, 0.25) is 0 Å². The molecule has 2 heterocycles. The highest BCUT2D eigenvalue weighted by Gasteiger charge is 2.37. The molecule has 1 aromatic heterocycles. The van der Waals surface area contributed by atoms with Gasteiger partial charge in [0.25, 0.3) is 0 Å². The lowest BCUT2D eigenvalue weighted by Crippen LogP contribution is -2.06. The molecule has 2 unspecified atom stereocenters. The number of aromatic nitrogens is 1. The number of ether oxygens (including phenoxy) is 2. The first kappa shape index (κ1) is 12.7. The summed E-state index contributed by atoms with van der Waals surface area (Å²) in [5.41, 5.74) is 0.760. The minimum atomic E-state index is -0.409. The highest BCUT2D eigenvalue weighted by atomic mass is 16.5. The SMILES string of the molecule is CCOC(=O)c1oc(C2OCCC2C)nc1C1CC1. The quantitative estimate of drug-likeness (QED) is 0.783. The zero-order chi connectivity index (χ0) is 13.4. The van der Waals surface area contributed by atoms with Crippen LogP contribution in [0.4, 0.5) is 0 Å². The number of hydrogen-bond donors (Lipinski definition) is 0. The molecule has 2 aliphatic rings. The van der Waals surface area contributed by atoms with Gasteiger partial charge in [-0.05, 0) is 32.1 Å². The van der Waals surface area contributed by atoms with E-state index in [4.69, 9.17) is 13.9 Å². The van der Waals surface area contributed by atoms with E-state index in [-0.39, 0.29) is 11.9 Å². The van der Waals surface area contributed by atoms with E-state index in [0.717, 1.165) is 31.6 Å². The molecule has 3 rings (SSSR count). The Hall–Kier alpha value is -1.36. The first-order valence-electron chi connectivity index (χ1n) is 7.00. The van der Waals surface area contributed by atoms with Crippen LogP contribution in [0, 0.1) is 5.92 Å². The highest BCUT2D eigenvalue weighted by Crippen LogP contribution is 2.43. The number of esters is 1. The van der Waals surface area contributed by atoms with Gasteiger partial charge in [-0.15, -0.1) is 0 Å². The first-order valence-corrected chi connectivity index (χ1v) is 7.00. The number of rotatable bonds is 4. The van der Waals surface area contributed by atoms with Crippen LogP contribution in [-0.4, -0.2) is 24.2 Å². The molecule has 2 atom stereocenters. The maximum atomic E-state index is 11.9. The predicted octanol–water partition coefficient (Wildman–Crippen LogP) is 2.83. The van der Waals surface area contributed by atoms with Crippen molar-refractivity contribution in [3.63, 3.8) is 0 Å². The number of nitrogens with zero attached hydrogens (tertiary/aromatic N) is 1. The predicted molar refractivity (Wildman–Crippen MR) is 66.9 cm³/mol. The van der Waals surface area contributed by atoms with E-state index in [9.17, 15) is 4.79 Å². The molecular formula is C14H19NO4. The molecule has 0 aromatic carbocycles. The fourth-order valence-corrected chi connectivity index (χ4v) is 2.46. The molecule has 0 bridgehead atoms. The lowest BCUT2D eigenvalue weighted by atomic mass is 10.0. The Bertz CT molecular complexity index is 478. The fourth-order valence-electron chi connectivity index (χ4n) is 2.46. The second-order valence-corrected chi connectivity index (χ2v) is 5.32. The van der Waals surface area contributed by atoms with Crippen LogP contribution >= 0.6 is 0 Å². The second kappa shape index (κ2) is 4.96. The van der Waals surface area contributed by atoms with Gasteiger partial charge in [0.2, 0.25) is 11.7 Å². The van der Waals surface area contributed by atoms with Gasteiger partial charge in [-0.3, -0.25) is 0 Å². The van der Waals surface area contributed by atoms with Crippen LogP contribution in [0.15, 0.2) is 4.42 Å². The second-order valence-electron chi connectivity index (χ2n) is 5.32. The Morgan fingerprint density at radius 2 is 2.21 bits per heavy atom. The van der Waals surface area contributed by atoms with Gasteiger partial charge in [0.1, 0.15) is 6.10 Å². The Morgan fingerprint density at radius 1 is 1.42 bits per heavy atom. The molecule has 2 fully saturated rings. The van der Waals surface area contributed by atoms with Crippen LogP contribution in [0.3, 0.4) is 0 Å². The smallest absolute Gasteiger partial charge is 0.376 e. The van der Waals surface area contributed by atoms with Gasteiger partial charge in [-0.2, -0.15) is 0 Å². The molecule has 1 saturated carbocycles. The number of carbonyl (C=O) groups is 1. The van der Waals surface area contributed by atoms with Gasteiger partial charge >= 0.3 is 5.97 Å². The van der Waals surface area contributed by atoms with E-state index < -0.39 is 5.97 Å². The zero-order valence-electron chi connectivity index (χ0n) is 11.3. The van der Waals surface area contributed by atoms with Gasteiger partial charge < -0.3 is 13.9 Å². The average molecular weight is 265 g/mol. The molecule has 5 nitrogen and oxygen atoms in total. The standard InChI is InChI=1S/C14H19NO4/c1-3-17-14(16)12-10(9-4-5-9)15-13(19-12)11-8(2)6-7-18-11/h8-9,11H,3-7H2,1-2H3. The van der Waals surface area contributed by atoms with Crippen LogP contribution in [0.5, 0.6) is 0 Å². The summed E-state index contributed by atoms with van der Waals surface area (Å²) in [6.45, 7) is 4.97. The number of oxazole rings is 1. The third kappa shape index (κ3) is 2.39. The van der Waals surface area contributed by atoms with E-state index in [2.05, 4.69) is 11.9 Å². The third-order valence-corrected chi connectivity index (χ3v) is 3.73. The largest absolute Gasteiger partial charge is 0.460 e. The van der Waals surface area contributed by atoms with Gasteiger partial charge in [0, 0.05) is 12.5 Å². The van der Waals surface area contributed by atoms with E-state index in [1.807, 2.05) is 0 Å². The van der Waals surface area contributed by atoms with E-state index >= 15 is 0 Å². The number of carbonyl (C=O) groups excluding carboxylic acids is 1. The molecule has 104 valence electrons. The van der Waals surface area contributed by atoms with E-state index in [1.165, 1.54) is 0 Å². The molecule has 0 radical (unpaired) electrons. The highest BCUT2D eigenvalue weighted by molar-refractivity contribution is 5.87. The van der Waals surface area contributed by atoms with Crippen molar-refractivity contribution in [1.82, 2.24) is 4.98 Å². The Kier molecular flexibility index (Phi) is 3.31. The molecule has 19 heavy (non-hydrogen) atoms. The van der Waals surface area contributed by atoms with Crippen molar-refractivity contribution in [3.8, 4) is 0 Å². The lowest BCUT2D eigenvalue weighted by molar-refractivity contribution is 0.0456. The monoisotopic (exact) mass is 265 g/mol. The summed E-state index contributed by atoms with van der Waals surface area (Å²) in [5, 5.41) is 0. The van der Waals surface area contributed by atoms with Crippen molar-refractivity contribution in [2.75, 3.05) is 13.2 Å². The van der Waals surface area contributed by atoms with Crippen molar-refractivity contribution < 1.29 is 18.7 Å². The van der Waals surface area contributed by atoms with Crippen LogP contribution < -0.4 is 0 Å². The maximum absolute atomic E-state index is 11.9. The summed E-state index contributed by atoms with van der Waals surface area (Å²) in [7, 11) is 0. The van der Waals surface area contributed by atoms with Gasteiger partial charge in [0.05, 0.1) is 12.3 Å². The van der Waals surface area contributed by atoms with Crippen molar-refractivity contribution in [3.05, 3.63) is 17.3 Å². The lowest BCUT2D eigenvalue weighted by Gasteiger charge is -2.09. The zero-order valence-corrected chi connectivity index (χ0v) is 11.3. The normalized spacial score (nSPS) is 26.6. The van der Waals surface area contributed by atoms with Crippen LogP contribution in [-0.2, 0) is 9.47 Å². The van der Waals surface area contributed by atoms with Crippen LogP contribution in [0.25, 0.3) is 0 Å². The van der Waals surface area contributed by atoms with Gasteiger partial charge in [-0.25, -0.2) is 9.78 Å². The van der Waals surface area contributed by atoms with Crippen molar-refractivity contribution in [2.45, 2.75) is 45.1 Å². The summed E-state index contributed by atoms with van der Waals surface area (Å²) in [4.78, 5) is 16.4. The minimum absolute atomic E-state index is 0.124. The molecule has 0 spiro atoms. The molecular weight excluding hydrogens is 246 g/mol. The van der Waals surface area contributed by atoms with Gasteiger partial charge in [0.15, 0.2) is 0 Å². The van der Waals surface area contributed by atoms with Gasteiger partial charge in [-0.1, -0.05) is 6.92 Å². The summed E-state index contributed by atoms with van der Waals surface area (Å²) in [6, 6.07) is 0. The molecule has 1 aliphatic heterocycles. The summed E-state index contributed by atoms with van der Waals surface area (Å²) in [5.74, 6) is 1.14. The maximum Gasteiger partial charge on any atom is 0.376 e. The number of hydrogen-bond acceptors (Lipinski definition) is 5. The molecule has 1 aliphatic carbocycles. The minimum Gasteiger partial charge on any atom is -0.460 e. The Balaban J connectivity index is 1.90.